The molecule has 5 nitrogen and oxygen atoms in total. The van der Waals surface area contributed by atoms with E-state index < -0.39 is 10.0 Å². The second-order valence-corrected chi connectivity index (χ2v) is 10.0. The van der Waals surface area contributed by atoms with Gasteiger partial charge >= 0.3 is 0 Å². The van der Waals surface area contributed by atoms with Crippen molar-refractivity contribution in [1.82, 2.24) is 4.31 Å². The molecule has 1 aliphatic rings. The zero-order valence-corrected chi connectivity index (χ0v) is 18.7. The molecule has 3 aromatic rings. The number of carbonyl (C=O) groups is 2. The Morgan fingerprint density at radius 3 is 2.03 bits per heavy atom. The Morgan fingerprint density at radius 1 is 0.812 bits per heavy atom. The van der Waals surface area contributed by atoms with Gasteiger partial charge in [0, 0.05) is 30.1 Å². The van der Waals surface area contributed by atoms with Gasteiger partial charge in [0.05, 0.1) is 4.90 Å². The number of carbonyl (C=O) groups excluding carboxylic acids is 2. The molecule has 0 amide bonds. The van der Waals surface area contributed by atoms with Crippen LogP contribution in [0.1, 0.15) is 40.5 Å². The van der Waals surface area contributed by atoms with E-state index in [1.165, 1.54) is 35.5 Å². The monoisotopic (exact) mass is 447 g/mol. The molecule has 6 heteroatoms. The number of ketones is 2. The lowest BCUT2D eigenvalue weighted by Gasteiger charge is -2.31. The number of nitrogens with zero attached hydrogens (tertiary/aromatic N) is 1. The highest BCUT2D eigenvalue weighted by molar-refractivity contribution is 7.89. The minimum atomic E-state index is -3.73. The molecule has 0 aliphatic carbocycles. The van der Waals surface area contributed by atoms with Crippen molar-refractivity contribution >= 4 is 21.6 Å². The summed E-state index contributed by atoms with van der Waals surface area (Å²) in [6, 6.07) is 23.4. The van der Waals surface area contributed by atoms with E-state index in [9.17, 15) is 18.0 Å². The number of sulfonamides is 1. The number of hydrogen-bond donors (Lipinski definition) is 0. The predicted molar refractivity (Wildman–Crippen MR) is 124 cm³/mol. The molecule has 0 N–H and O–H groups in total. The van der Waals surface area contributed by atoms with Crippen molar-refractivity contribution in [2.24, 2.45) is 5.92 Å². The zero-order chi connectivity index (χ0) is 22.7. The van der Waals surface area contributed by atoms with Crippen molar-refractivity contribution in [1.29, 1.82) is 0 Å². The first-order valence-corrected chi connectivity index (χ1v) is 12.1. The van der Waals surface area contributed by atoms with Crippen LogP contribution in [0.3, 0.4) is 0 Å². The molecule has 0 saturated carbocycles. The minimum absolute atomic E-state index is 0.0311. The third kappa shape index (κ3) is 4.56. The zero-order valence-electron chi connectivity index (χ0n) is 17.9. The molecule has 0 radical (unpaired) electrons. The van der Waals surface area contributed by atoms with Gasteiger partial charge in [0.1, 0.15) is 0 Å². The fourth-order valence-corrected chi connectivity index (χ4v) is 5.60. The average molecular weight is 448 g/mol. The molecule has 1 heterocycles. The van der Waals surface area contributed by atoms with Crippen LogP contribution >= 0.6 is 0 Å². The lowest BCUT2D eigenvalue weighted by atomic mass is 9.90. The van der Waals surface area contributed by atoms with Crippen molar-refractivity contribution in [2.45, 2.75) is 24.7 Å². The van der Waals surface area contributed by atoms with Gasteiger partial charge in [-0.25, -0.2) is 8.42 Å². The van der Waals surface area contributed by atoms with Crippen LogP contribution in [-0.2, 0) is 10.0 Å². The summed E-state index contributed by atoms with van der Waals surface area (Å²) >= 11 is 0. The molecular formula is C26H25NO4S. The van der Waals surface area contributed by atoms with Gasteiger partial charge in [-0.3, -0.25) is 9.59 Å². The number of rotatable bonds is 6. The highest BCUT2D eigenvalue weighted by atomic mass is 32.2. The number of Topliss-reactive ketones (excluding diaryl/α,β-unsaturated/α-hetero) is 2. The normalized spacial score (nSPS) is 17.1. The fourth-order valence-electron chi connectivity index (χ4n) is 4.08. The maximum Gasteiger partial charge on any atom is 0.243 e. The third-order valence-electron chi connectivity index (χ3n) is 5.93. The van der Waals surface area contributed by atoms with Gasteiger partial charge in [0.2, 0.25) is 10.0 Å². The van der Waals surface area contributed by atoms with Gasteiger partial charge < -0.3 is 0 Å². The summed E-state index contributed by atoms with van der Waals surface area (Å²) in [5.74, 6) is -0.523. The van der Waals surface area contributed by atoms with E-state index >= 15 is 0 Å². The molecule has 164 valence electrons. The van der Waals surface area contributed by atoms with Crippen LogP contribution in [0.25, 0.3) is 11.1 Å². The smallest absolute Gasteiger partial charge is 0.243 e. The molecule has 1 unspecified atom stereocenters. The first kappa shape index (κ1) is 22.1. The number of piperidine rings is 1. The molecule has 0 aromatic heterocycles. The molecule has 32 heavy (non-hydrogen) atoms. The number of hydrogen-bond acceptors (Lipinski definition) is 4. The summed E-state index contributed by atoms with van der Waals surface area (Å²) in [6.07, 6.45) is 1.29. The summed E-state index contributed by atoms with van der Waals surface area (Å²) in [5.41, 5.74) is 3.18. The highest BCUT2D eigenvalue weighted by Crippen LogP contribution is 2.27. The molecule has 0 spiro atoms. The van der Waals surface area contributed by atoms with Gasteiger partial charge in [-0.15, -0.1) is 0 Å². The highest BCUT2D eigenvalue weighted by Gasteiger charge is 2.33. The van der Waals surface area contributed by atoms with Crippen LogP contribution in [0.2, 0.25) is 0 Å². The van der Waals surface area contributed by atoms with E-state index in [4.69, 9.17) is 0 Å². The van der Waals surface area contributed by atoms with Gasteiger partial charge in [-0.1, -0.05) is 66.7 Å². The summed E-state index contributed by atoms with van der Waals surface area (Å²) in [4.78, 5) is 24.7. The first-order valence-electron chi connectivity index (χ1n) is 10.7. The van der Waals surface area contributed by atoms with Crippen molar-refractivity contribution in [3.05, 3.63) is 90.0 Å². The van der Waals surface area contributed by atoms with Crippen molar-refractivity contribution in [2.75, 3.05) is 13.1 Å². The van der Waals surface area contributed by atoms with Crippen LogP contribution in [0.4, 0.5) is 0 Å². The van der Waals surface area contributed by atoms with E-state index in [2.05, 4.69) is 0 Å². The van der Waals surface area contributed by atoms with Crippen LogP contribution in [0.5, 0.6) is 0 Å². The molecular weight excluding hydrogens is 422 g/mol. The first-order chi connectivity index (χ1) is 15.4. The van der Waals surface area contributed by atoms with Gasteiger partial charge in [-0.2, -0.15) is 4.31 Å². The van der Waals surface area contributed by atoms with Crippen molar-refractivity contribution < 1.29 is 18.0 Å². The van der Waals surface area contributed by atoms with E-state index in [1.807, 2.05) is 54.6 Å². The molecule has 1 aliphatic heterocycles. The van der Waals surface area contributed by atoms with Crippen LogP contribution in [0.15, 0.2) is 83.8 Å². The number of benzene rings is 3. The molecule has 1 fully saturated rings. The Kier molecular flexibility index (Phi) is 6.35. The van der Waals surface area contributed by atoms with E-state index in [-0.39, 0.29) is 28.9 Å². The van der Waals surface area contributed by atoms with E-state index in [0.29, 0.717) is 30.5 Å². The lowest BCUT2D eigenvalue weighted by Crippen LogP contribution is -2.42. The standard InChI is InChI=1S/C26H25NO4S/c1-19(28)20-13-15-25(16-14-20)32(30,31)27-17-5-8-24(18-27)26(29)23-11-9-22(10-12-23)21-6-3-2-4-7-21/h2-4,6-7,9-16,24H,5,8,17-18H2,1H3. The van der Waals surface area contributed by atoms with E-state index in [0.717, 1.165) is 11.1 Å². The SMILES string of the molecule is CC(=O)c1ccc(S(=O)(=O)N2CCCC(C(=O)c3ccc(-c4ccccc4)cc3)C2)cc1. The second kappa shape index (κ2) is 9.18. The van der Waals surface area contributed by atoms with E-state index in [1.54, 1.807) is 0 Å². The summed E-state index contributed by atoms with van der Waals surface area (Å²) in [6.45, 7) is 1.99. The lowest BCUT2D eigenvalue weighted by molar-refractivity contribution is 0.0872. The molecule has 4 rings (SSSR count). The second-order valence-electron chi connectivity index (χ2n) is 8.09. The predicted octanol–water partition coefficient (Wildman–Crippen LogP) is 4.84. The Bertz CT molecular complexity index is 1220. The quantitative estimate of drug-likeness (QED) is 0.507. The van der Waals surface area contributed by atoms with Gasteiger partial charge in [-0.05, 0) is 43.0 Å². The summed E-state index contributed by atoms with van der Waals surface area (Å²) < 4.78 is 27.6. The van der Waals surface area contributed by atoms with Gasteiger partial charge in [0.25, 0.3) is 0 Å². The molecule has 0 bridgehead atoms. The largest absolute Gasteiger partial charge is 0.295 e. The fraction of sp³-hybridized carbons (Fsp3) is 0.231. The molecule has 3 aromatic carbocycles. The maximum atomic E-state index is 13.1. The van der Waals surface area contributed by atoms with Crippen molar-refractivity contribution in [3.63, 3.8) is 0 Å². The molecule has 1 saturated heterocycles. The Hall–Kier alpha value is -3.09. The average Bonchev–Trinajstić information content (AvgIpc) is 2.84. The molecule has 1 atom stereocenters. The van der Waals surface area contributed by atoms with Crippen LogP contribution in [-0.4, -0.2) is 37.4 Å². The van der Waals surface area contributed by atoms with Crippen molar-refractivity contribution in [3.8, 4) is 11.1 Å². The Balaban J connectivity index is 1.49. The van der Waals surface area contributed by atoms with Crippen LogP contribution < -0.4 is 0 Å². The van der Waals surface area contributed by atoms with Crippen LogP contribution in [0, 0.1) is 5.92 Å². The maximum absolute atomic E-state index is 13.1. The summed E-state index contributed by atoms with van der Waals surface area (Å²) in [7, 11) is -3.73. The third-order valence-corrected chi connectivity index (χ3v) is 7.81. The minimum Gasteiger partial charge on any atom is -0.295 e. The Labute approximate surface area is 188 Å². The van der Waals surface area contributed by atoms with Gasteiger partial charge in [0.15, 0.2) is 11.6 Å². The topological polar surface area (TPSA) is 71.5 Å². The Morgan fingerprint density at radius 2 is 1.41 bits per heavy atom. The summed E-state index contributed by atoms with van der Waals surface area (Å²) in [5, 5.41) is 0.